The van der Waals surface area contributed by atoms with Crippen molar-refractivity contribution in [3.05, 3.63) is 53.8 Å². The number of carbonyl (C=O) groups is 2. The molecule has 0 aromatic heterocycles. The standard InChI is InChI=1S/C18H19FN2O4/c1-24-14-7-8-16(25-2)15(11-14)18(23)21(10-9-17(20)22)13-5-3-12(19)4-6-13/h3-8,11H,9-10H2,1-2H3,(H2,20,22). The van der Waals surface area contributed by atoms with Crippen molar-refractivity contribution in [2.24, 2.45) is 5.73 Å². The summed E-state index contributed by atoms with van der Waals surface area (Å²) >= 11 is 0. The molecule has 2 rings (SSSR count). The highest BCUT2D eigenvalue weighted by Gasteiger charge is 2.22. The Kier molecular flexibility index (Phi) is 5.94. The molecule has 0 aliphatic carbocycles. The van der Waals surface area contributed by atoms with Crippen LogP contribution < -0.4 is 20.1 Å². The van der Waals surface area contributed by atoms with Crippen LogP contribution >= 0.6 is 0 Å². The number of nitrogens with two attached hydrogens (primary N) is 1. The Balaban J connectivity index is 2.44. The van der Waals surface area contributed by atoms with Gasteiger partial charge in [0.25, 0.3) is 5.91 Å². The monoisotopic (exact) mass is 346 g/mol. The van der Waals surface area contributed by atoms with Gasteiger partial charge in [0.15, 0.2) is 0 Å². The maximum atomic E-state index is 13.2. The molecule has 0 saturated heterocycles. The smallest absolute Gasteiger partial charge is 0.262 e. The number of rotatable bonds is 7. The van der Waals surface area contributed by atoms with Gasteiger partial charge in [0.1, 0.15) is 17.3 Å². The van der Waals surface area contributed by atoms with Gasteiger partial charge >= 0.3 is 0 Å². The molecule has 0 bridgehead atoms. The number of halogens is 1. The van der Waals surface area contributed by atoms with E-state index >= 15 is 0 Å². The fraction of sp³-hybridized carbons (Fsp3) is 0.222. The third-order valence-electron chi connectivity index (χ3n) is 3.60. The van der Waals surface area contributed by atoms with Crippen LogP contribution in [0.25, 0.3) is 0 Å². The normalized spacial score (nSPS) is 10.2. The molecule has 7 heteroatoms. The molecule has 0 radical (unpaired) electrons. The van der Waals surface area contributed by atoms with Crippen LogP contribution in [0.4, 0.5) is 10.1 Å². The van der Waals surface area contributed by atoms with Gasteiger partial charge in [-0.25, -0.2) is 4.39 Å². The van der Waals surface area contributed by atoms with Crippen LogP contribution in [0.15, 0.2) is 42.5 Å². The molecule has 0 aliphatic heterocycles. The van der Waals surface area contributed by atoms with E-state index in [9.17, 15) is 14.0 Å². The molecule has 2 N–H and O–H groups in total. The van der Waals surface area contributed by atoms with Gasteiger partial charge in [-0.05, 0) is 42.5 Å². The van der Waals surface area contributed by atoms with E-state index in [1.165, 1.54) is 43.4 Å². The zero-order valence-corrected chi connectivity index (χ0v) is 14.0. The SMILES string of the molecule is COc1ccc(OC)c(C(=O)N(CCC(N)=O)c2ccc(F)cc2)c1. The molecule has 0 saturated carbocycles. The summed E-state index contributed by atoms with van der Waals surface area (Å²) in [4.78, 5) is 25.5. The first-order valence-corrected chi connectivity index (χ1v) is 7.54. The molecular formula is C18H19FN2O4. The summed E-state index contributed by atoms with van der Waals surface area (Å²) in [7, 11) is 2.94. The molecule has 2 amide bonds. The summed E-state index contributed by atoms with van der Waals surface area (Å²) < 4.78 is 23.6. The number of anilines is 1. The molecule has 0 unspecified atom stereocenters. The Morgan fingerprint density at radius 1 is 1.08 bits per heavy atom. The van der Waals surface area contributed by atoms with Crippen molar-refractivity contribution in [2.75, 3.05) is 25.7 Å². The van der Waals surface area contributed by atoms with Crippen molar-refractivity contribution >= 4 is 17.5 Å². The summed E-state index contributed by atoms with van der Waals surface area (Å²) in [5.74, 6) is -0.541. The lowest BCUT2D eigenvalue weighted by Crippen LogP contribution is -2.34. The molecule has 132 valence electrons. The molecule has 2 aromatic rings. The van der Waals surface area contributed by atoms with Gasteiger partial charge in [-0.2, -0.15) is 0 Å². The lowest BCUT2D eigenvalue weighted by molar-refractivity contribution is -0.117. The van der Waals surface area contributed by atoms with Crippen molar-refractivity contribution in [3.63, 3.8) is 0 Å². The molecule has 6 nitrogen and oxygen atoms in total. The summed E-state index contributed by atoms with van der Waals surface area (Å²) in [6.45, 7) is 0.0557. The van der Waals surface area contributed by atoms with Gasteiger partial charge in [0.05, 0.1) is 19.8 Å². The number of nitrogens with zero attached hydrogens (tertiary/aromatic N) is 1. The number of benzene rings is 2. The van der Waals surface area contributed by atoms with Crippen molar-refractivity contribution in [1.29, 1.82) is 0 Å². The molecular weight excluding hydrogens is 327 g/mol. The van der Waals surface area contributed by atoms with Crippen LogP contribution in [-0.2, 0) is 4.79 Å². The maximum Gasteiger partial charge on any atom is 0.262 e. The Morgan fingerprint density at radius 2 is 1.76 bits per heavy atom. The van der Waals surface area contributed by atoms with Crippen LogP contribution in [0.3, 0.4) is 0 Å². The fourth-order valence-corrected chi connectivity index (χ4v) is 2.32. The predicted molar refractivity (Wildman–Crippen MR) is 91.4 cm³/mol. The Hall–Kier alpha value is -3.09. The van der Waals surface area contributed by atoms with Crippen LogP contribution in [0.5, 0.6) is 11.5 Å². The van der Waals surface area contributed by atoms with Gasteiger partial charge in [0, 0.05) is 18.7 Å². The van der Waals surface area contributed by atoms with E-state index in [1.54, 1.807) is 18.2 Å². The summed E-state index contributed by atoms with van der Waals surface area (Å²) in [5.41, 5.74) is 5.90. The van der Waals surface area contributed by atoms with Gasteiger partial charge in [-0.1, -0.05) is 0 Å². The second-order valence-corrected chi connectivity index (χ2v) is 5.22. The highest BCUT2D eigenvalue weighted by molar-refractivity contribution is 6.08. The number of primary amides is 1. The molecule has 0 spiro atoms. The first-order valence-electron chi connectivity index (χ1n) is 7.54. The second kappa shape index (κ2) is 8.14. The molecule has 0 aliphatic rings. The summed E-state index contributed by atoms with van der Waals surface area (Å²) in [6, 6.07) is 10.2. The number of carbonyl (C=O) groups excluding carboxylic acids is 2. The lowest BCUT2D eigenvalue weighted by atomic mass is 10.1. The Bertz CT molecular complexity index is 762. The van der Waals surface area contributed by atoms with Crippen LogP contribution in [0, 0.1) is 5.82 Å². The van der Waals surface area contributed by atoms with Gasteiger partial charge < -0.3 is 20.1 Å². The zero-order chi connectivity index (χ0) is 18.4. The third kappa shape index (κ3) is 4.47. The molecule has 0 fully saturated rings. The molecule has 0 atom stereocenters. The zero-order valence-electron chi connectivity index (χ0n) is 14.0. The first kappa shape index (κ1) is 18.3. The van der Waals surface area contributed by atoms with Crippen LogP contribution in [0.2, 0.25) is 0 Å². The van der Waals surface area contributed by atoms with Crippen molar-refractivity contribution in [3.8, 4) is 11.5 Å². The van der Waals surface area contributed by atoms with Crippen LogP contribution in [0.1, 0.15) is 16.8 Å². The minimum absolute atomic E-state index is 0.0323. The van der Waals surface area contributed by atoms with Crippen molar-refractivity contribution < 1.29 is 23.5 Å². The third-order valence-corrected chi connectivity index (χ3v) is 3.60. The number of hydrogen-bond donors (Lipinski definition) is 1. The fourth-order valence-electron chi connectivity index (χ4n) is 2.32. The van der Waals surface area contributed by atoms with E-state index in [4.69, 9.17) is 15.2 Å². The van der Waals surface area contributed by atoms with Gasteiger partial charge in [-0.3, -0.25) is 9.59 Å². The van der Waals surface area contributed by atoms with Crippen LogP contribution in [-0.4, -0.2) is 32.6 Å². The Labute approximate surface area is 144 Å². The largest absolute Gasteiger partial charge is 0.497 e. The summed E-state index contributed by atoms with van der Waals surface area (Å²) in [6.07, 6.45) is -0.0323. The maximum absolute atomic E-state index is 13.2. The minimum Gasteiger partial charge on any atom is -0.497 e. The average Bonchev–Trinajstić information content (AvgIpc) is 2.62. The molecule has 25 heavy (non-hydrogen) atoms. The van der Waals surface area contributed by atoms with E-state index in [0.717, 1.165) is 0 Å². The number of ether oxygens (including phenoxy) is 2. The molecule has 0 heterocycles. The highest BCUT2D eigenvalue weighted by Crippen LogP contribution is 2.27. The number of methoxy groups -OCH3 is 2. The average molecular weight is 346 g/mol. The van der Waals surface area contributed by atoms with E-state index in [-0.39, 0.29) is 18.5 Å². The van der Waals surface area contributed by atoms with E-state index in [0.29, 0.717) is 17.2 Å². The summed E-state index contributed by atoms with van der Waals surface area (Å²) in [5, 5.41) is 0. The topological polar surface area (TPSA) is 81.9 Å². The van der Waals surface area contributed by atoms with Crippen molar-refractivity contribution in [1.82, 2.24) is 0 Å². The lowest BCUT2D eigenvalue weighted by Gasteiger charge is -2.23. The number of hydrogen-bond acceptors (Lipinski definition) is 4. The Morgan fingerprint density at radius 3 is 2.32 bits per heavy atom. The highest BCUT2D eigenvalue weighted by atomic mass is 19.1. The second-order valence-electron chi connectivity index (χ2n) is 5.22. The van der Waals surface area contributed by atoms with Crippen molar-refractivity contribution in [2.45, 2.75) is 6.42 Å². The molecule has 2 aromatic carbocycles. The van der Waals surface area contributed by atoms with E-state index < -0.39 is 17.6 Å². The van der Waals surface area contributed by atoms with Gasteiger partial charge in [0.2, 0.25) is 5.91 Å². The predicted octanol–water partition coefficient (Wildman–Crippen LogP) is 2.37. The minimum atomic E-state index is -0.544. The first-order chi connectivity index (χ1) is 12.0. The number of amides is 2. The van der Waals surface area contributed by atoms with E-state index in [1.807, 2.05) is 0 Å². The van der Waals surface area contributed by atoms with Gasteiger partial charge in [-0.15, -0.1) is 0 Å². The quantitative estimate of drug-likeness (QED) is 0.834. The van der Waals surface area contributed by atoms with E-state index in [2.05, 4.69) is 0 Å².